The second-order valence-corrected chi connectivity index (χ2v) is 6.08. The van der Waals surface area contributed by atoms with E-state index in [1.54, 1.807) is 18.2 Å². The van der Waals surface area contributed by atoms with E-state index in [9.17, 15) is 4.79 Å². The Labute approximate surface area is 144 Å². The number of amides is 1. The van der Waals surface area contributed by atoms with E-state index in [2.05, 4.69) is 15.9 Å². The Morgan fingerprint density at radius 3 is 2.95 bits per heavy atom. The largest absolute Gasteiger partial charge is 0.492 e. The average Bonchev–Trinajstić information content (AvgIpc) is 2.89. The van der Waals surface area contributed by atoms with Crippen molar-refractivity contribution < 1.29 is 9.53 Å². The Morgan fingerprint density at radius 1 is 1.52 bits per heavy atom. The second-order valence-electron chi connectivity index (χ2n) is 4.79. The lowest BCUT2D eigenvalue weighted by molar-refractivity contribution is -0.132. The number of rotatable bonds is 5. The quantitative estimate of drug-likeness (QED) is 0.829. The molecule has 7 heteroatoms. The summed E-state index contributed by atoms with van der Waals surface area (Å²) < 4.78 is 6.40. The topological polar surface area (TPSA) is 55.6 Å². The Balaban J connectivity index is 0.00000220. The van der Waals surface area contributed by atoms with Crippen LogP contribution in [0.15, 0.2) is 22.7 Å². The standard InChI is InChI=1S/C14H18BrClN2O2.ClH/c15-12-8-10(16)3-4-13(12)20-7-5-14(19)18-6-1-2-11(18)9-17;/h3-4,8,11H,1-2,5-7,9,17H2;1H. The molecule has 0 spiro atoms. The number of likely N-dealkylation sites (tertiary alicyclic amines) is 1. The van der Waals surface area contributed by atoms with Gasteiger partial charge < -0.3 is 15.4 Å². The predicted molar refractivity (Wildman–Crippen MR) is 90.3 cm³/mol. The Kier molecular flexibility index (Phi) is 7.81. The van der Waals surface area contributed by atoms with Crippen LogP contribution in [0, 0.1) is 0 Å². The van der Waals surface area contributed by atoms with Crippen LogP contribution in [0.2, 0.25) is 5.02 Å². The van der Waals surface area contributed by atoms with Crippen LogP contribution in [0.5, 0.6) is 5.75 Å². The minimum atomic E-state index is 0. The number of carbonyl (C=O) groups excluding carboxylic acids is 1. The molecule has 1 amide bonds. The molecule has 2 rings (SSSR count). The number of halogens is 3. The molecule has 1 aliphatic heterocycles. The van der Waals surface area contributed by atoms with Crippen molar-refractivity contribution in [2.45, 2.75) is 25.3 Å². The van der Waals surface area contributed by atoms with Crippen LogP contribution in [-0.4, -0.2) is 36.5 Å². The van der Waals surface area contributed by atoms with E-state index in [1.807, 2.05) is 4.90 Å². The van der Waals surface area contributed by atoms with E-state index in [0.717, 1.165) is 23.9 Å². The lowest BCUT2D eigenvalue weighted by Crippen LogP contribution is -2.40. The third kappa shape index (κ3) is 5.02. The van der Waals surface area contributed by atoms with E-state index in [4.69, 9.17) is 22.1 Å². The van der Waals surface area contributed by atoms with Gasteiger partial charge >= 0.3 is 0 Å². The molecule has 2 N–H and O–H groups in total. The van der Waals surface area contributed by atoms with Crippen LogP contribution < -0.4 is 10.5 Å². The number of carbonyl (C=O) groups is 1. The third-order valence-electron chi connectivity index (χ3n) is 3.44. The number of ether oxygens (including phenoxy) is 1. The maximum atomic E-state index is 12.1. The van der Waals surface area contributed by atoms with Gasteiger partial charge in [-0.05, 0) is 47.0 Å². The Hall–Kier alpha value is -0.490. The van der Waals surface area contributed by atoms with Crippen molar-refractivity contribution in [1.82, 2.24) is 4.90 Å². The summed E-state index contributed by atoms with van der Waals surface area (Å²) in [5, 5.41) is 0.642. The molecule has 1 aromatic rings. The predicted octanol–water partition coefficient (Wildman–Crippen LogP) is 3.24. The van der Waals surface area contributed by atoms with Crippen molar-refractivity contribution in [2.24, 2.45) is 5.73 Å². The smallest absolute Gasteiger partial charge is 0.226 e. The van der Waals surface area contributed by atoms with Gasteiger partial charge in [0.05, 0.1) is 17.5 Å². The SMILES string of the molecule is Cl.NCC1CCCN1C(=O)CCOc1ccc(Cl)cc1Br. The Bertz CT molecular complexity index is 488. The van der Waals surface area contributed by atoms with Crippen molar-refractivity contribution in [3.05, 3.63) is 27.7 Å². The van der Waals surface area contributed by atoms with Gasteiger partial charge in [-0.1, -0.05) is 11.6 Å². The molecule has 0 aliphatic carbocycles. The fraction of sp³-hybridized carbons (Fsp3) is 0.500. The van der Waals surface area contributed by atoms with Gasteiger partial charge in [-0.15, -0.1) is 12.4 Å². The Morgan fingerprint density at radius 2 is 2.29 bits per heavy atom. The molecule has 21 heavy (non-hydrogen) atoms. The zero-order valence-corrected chi connectivity index (χ0v) is 14.7. The van der Waals surface area contributed by atoms with Crippen molar-refractivity contribution in [1.29, 1.82) is 0 Å². The zero-order chi connectivity index (χ0) is 14.5. The highest BCUT2D eigenvalue weighted by molar-refractivity contribution is 9.10. The van der Waals surface area contributed by atoms with Gasteiger partial charge in [0.15, 0.2) is 0 Å². The van der Waals surface area contributed by atoms with E-state index >= 15 is 0 Å². The van der Waals surface area contributed by atoms with Crippen molar-refractivity contribution in [3.63, 3.8) is 0 Å². The number of benzene rings is 1. The molecule has 1 saturated heterocycles. The molecule has 0 saturated carbocycles. The molecular weight excluding hydrogens is 379 g/mol. The van der Waals surface area contributed by atoms with Gasteiger partial charge in [-0.3, -0.25) is 4.79 Å². The van der Waals surface area contributed by atoms with Gasteiger partial charge in [-0.2, -0.15) is 0 Å². The summed E-state index contributed by atoms with van der Waals surface area (Å²) in [7, 11) is 0. The minimum absolute atomic E-state index is 0. The first kappa shape index (κ1) is 18.6. The van der Waals surface area contributed by atoms with Crippen LogP contribution >= 0.6 is 39.9 Å². The molecule has 0 radical (unpaired) electrons. The lowest BCUT2D eigenvalue weighted by atomic mass is 10.2. The minimum Gasteiger partial charge on any atom is -0.492 e. The first-order valence-electron chi connectivity index (χ1n) is 6.69. The molecule has 1 aliphatic rings. The molecule has 0 aromatic heterocycles. The summed E-state index contributed by atoms with van der Waals surface area (Å²) in [5.74, 6) is 0.807. The van der Waals surface area contributed by atoms with Gasteiger partial charge in [0.2, 0.25) is 5.91 Å². The number of nitrogens with zero attached hydrogens (tertiary/aromatic N) is 1. The second kappa shape index (κ2) is 8.83. The molecule has 1 aromatic carbocycles. The number of nitrogens with two attached hydrogens (primary N) is 1. The van der Waals surface area contributed by atoms with Crippen molar-refractivity contribution in [3.8, 4) is 5.75 Å². The lowest BCUT2D eigenvalue weighted by Gasteiger charge is -2.23. The highest BCUT2D eigenvalue weighted by atomic mass is 79.9. The van der Waals surface area contributed by atoms with E-state index in [-0.39, 0.29) is 24.4 Å². The monoisotopic (exact) mass is 396 g/mol. The molecular formula is C14H19BrCl2N2O2. The average molecular weight is 398 g/mol. The molecule has 4 nitrogen and oxygen atoms in total. The summed E-state index contributed by atoms with van der Waals surface area (Å²) in [5.41, 5.74) is 5.67. The highest BCUT2D eigenvalue weighted by Crippen LogP contribution is 2.28. The maximum Gasteiger partial charge on any atom is 0.226 e. The fourth-order valence-corrected chi connectivity index (χ4v) is 3.19. The van der Waals surface area contributed by atoms with E-state index in [0.29, 0.717) is 30.3 Å². The van der Waals surface area contributed by atoms with Gasteiger partial charge in [0.1, 0.15) is 5.75 Å². The summed E-state index contributed by atoms with van der Waals surface area (Å²) in [6, 6.07) is 5.51. The number of hydrogen-bond acceptors (Lipinski definition) is 3. The summed E-state index contributed by atoms with van der Waals surface area (Å²) in [6.07, 6.45) is 2.41. The molecule has 118 valence electrons. The summed E-state index contributed by atoms with van der Waals surface area (Å²) in [4.78, 5) is 14.0. The van der Waals surface area contributed by atoms with Crippen LogP contribution in [0.1, 0.15) is 19.3 Å². The first-order valence-corrected chi connectivity index (χ1v) is 7.86. The van der Waals surface area contributed by atoms with Crippen molar-refractivity contribution in [2.75, 3.05) is 19.7 Å². The molecule has 1 unspecified atom stereocenters. The summed E-state index contributed by atoms with van der Waals surface area (Å²) in [6.45, 7) is 1.70. The molecule has 0 bridgehead atoms. The number of hydrogen-bond donors (Lipinski definition) is 1. The highest BCUT2D eigenvalue weighted by Gasteiger charge is 2.27. The third-order valence-corrected chi connectivity index (χ3v) is 4.29. The van der Waals surface area contributed by atoms with Gasteiger partial charge in [0.25, 0.3) is 0 Å². The van der Waals surface area contributed by atoms with Gasteiger partial charge in [0, 0.05) is 24.2 Å². The molecule has 1 fully saturated rings. The van der Waals surface area contributed by atoms with Crippen LogP contribution in [-0.2, 0) is 4.79 Å². The zero-order valence-electron chi connectivity index (χ0n) is 11.6. The van der Waals surface area contributed by atoms with E-state index in [1.165, 1.54) is 0 Å². The van der Waals surface area contributed by atoms with Gasteiger partial charge in [-0.25, -0.2) is 0 Å². The summed E-state index contributed by atoms with van der Waals surface area (Å²) >= 11 is 9.24. The van der Waals surface area contributed by atoms with Crippen LogP contribution in [0.4, 0.5) is 0 Å². The van der Waals surface area contributed by atoms with Crippen molar-refractivity contribution >= 4 is 45.8 Å². The van der Waals surface area contributed by atoms with Crippen LogP contribution in [0.3, 0.4) is 0 Å². The maximum absolute atomic E-state index is 12.1. The normalized spacial score (nSPS) is 17.5. The fourth-order valence-electron chi connectivity index (χ4n) is 2.39. The molecule has 1 atom stereocenters. The van der Waals surface area contributed by atoms with E-state index < -0.39 is 0 Å². The van der Waals surface area contributed by atoms with Crippen LogP contribution in [0.25, 0.3) is 0 Å². The molecule has 1 heterocycles. The first-order chi connectivity index (χ1) is 9.61.